The number of anilines is 1. The Morgan fingerprint density at radius 3 is 1.79 bits per heavy atom. The van der Waals surface area contributed by atoms with E-state index < -0.39 is 5.60 Å². The Morgan fingerprint density at radius 2 is 1.31 bits per heavy atom. The monoisotopic (exact) mass is 527 g/mol. The van der Waals surface area contributed by atoms with Crippen LogP contribution in [0.15, 0.2) is 78.9 Å². The smallest absolute Gasteiger partial charge is 0.340 e. The molecule has 0 spiro atoms. The van der Waals surface area contributed by atoms with Gasteiger partial charge < -0.3 is 24.2 Å². The van der Waals surface area contributed by atoms with Gasteiger partial charge in [0.05, 0.1) is 18.4 Å². The maximum absolute atomic E-state index is 13.3. The quantitative estimate of drug-likeness (QED) is 0.289. The summed E-state index contributed by atoms with van der Waals surface area (Å²) >= 11 is 0. The van der Waals surface area contributed by atoms with Crippen LogP contribution in [0, 0.1) is 0 Å². The fourth-order valence-electron chi connectivity index (χ4n) is 5.19. The molecule has 3 aromatic carbocycles. The van der Waals surface area contributed by atoms with Gasteiger partial charge in [-0.1, -0.05) is 60.7 Å². The highest BCUT2D eigenvalue weighted by Gasteiger charge is 2.38. The summed E-state index contributed by atoms with van der Waals surface area (Å²) in [6.07, 6.45) is 6.08. The van der Waals surface area contributed by atoms with E-state index >= 15 is 0 Å². The van der Waals surface area contributed by atoms with Gasteiger partial charge in [0.1, 0.15) is 5.75 Å². The number of ether oxygens (including phenoxy) is 2. The van der Waals surface area contributed by atoms with Gasteiger partial charge in [0.25, 0.3) is 0 Å². The third-order valence-electron chi connectivity index (χ3n) is 7.14. The first kappa shape index (κ1) is 28.4. The molecule has 0 saturated carbocycles. The van der Waals surface area contributed by atoms with E-state index in [-0.39, 0.29) is 5.97 Å². The normalized spacial score (nSPS) is 13.7. The predicted molar refractivity (Wildman–Crippen MR) is 160 cm³/mol. The van der Waals surface area contributed by atoms with Gasteiger partial charge in [0, 0.05) is 29.8 Å². The van der Waals surface area contributed by atoms with Crippen molar-refractivity contribution in [2.75, 3.05) is 66.4 Å². The summed E-state index contributed by atoms with van der Waals surface area (Å²) in [4.78, 5) is 20.0. The van der Waals surface area contributed by atoms with Crippen LogP contribution in [0.4, 0.5) is 5.69 Å². The summed E-state index contributed by atoms with van der Waals surface area (Å²) in [5.74, 6) is 0.308. The minimum Gasteiger partial charge on any atom is -0.473 e. The van der Waals surface area contributed by atoms with E-state index in [1.807, 2.05) is 54.6 Å². The molecule has 6 heteroatoms. The Bertz CT molecular complexity index is 1200. The van der Waals surface area contributed by atoms with E-state index in [0.29, 0.717) is 11.3 Å². The Labute approximate surface area is 233 Å². The van der Waals surface area contributed by atoms with E-state index in [9.17, 15) is 4.79 Å². The predicted octanol–water partition coefficient (Wildman–Crippen LogP) is 5.53. The molecule has 0 saturated heterocycles. The maximum Gasteiger partial charge on any atom is 0.340 e. The van der Waals surface area contributed by atoms with Crippen molar-refractivity contribution in [3.8, 4) is 5.75 Å². The first-order chi connectivity index (χ1) is 18.9. The summed E-state index contributed by atoms with van der Waals surface area (Å²) in [5, 5.41) is 0. The van der Waals surface area contributed by atoms with Gasteiger partial charge in [-0.05, 0) is 78.4 Å². The van der Waals surface area contributed by atoms with Crippen LogP contribution in [0.25, 0.3) is 6.08 Å². The van der Waals surface area contributed by atoms with Crippen LogP contribution in [-0.4, -0.2) is 77.2 Å². The molecule has 0 bridgehead atoms. The molecular formula is C33H41N3O3. The average Bonchev–Trinajstić information content (AvgIpc) is 2.95. The van der Waals surface area contributed by atoms with Crippen molar-refractivity contribution in [1.82, 2.24) is 9.80 Å². The number of benzene rings is 3. The van der Waals surface area contributed by atoms with Crippen molar-refractivity contribution in [1.29, 1.82) is 0 Å². The number of rotatable bonds is 12. The molecule has 3 aromatic rings. The summed E-state index contributed by atoms with van der Waals surface area (Å²) in [6, 6.07) is 24.4. The number of carbonyl (C=O) groups is 1. The van der Waals surface area contributed by atoms with Crippen molar-refractivity contribution >= 4 is 17.7 Å². The third kappa shape index (κ3) is 6.52. The number of fused-ring (bicyclic) bond motifs is 1. The number of nitrogens with zero attached hydrogens (tertiary/aromatic N) is 3. The molecule has 206 valence electrons. The molecule has 0 amide bonds. The van der Waals surface area contributed by atoms with Crippen molar-refractivity contribution in [3.05, 3.63) is 101 Å². The second-order valence-electron chi connectivity index (χ2n) is 10.6. The van der Waals surface area contributed by atoms with Crippen LogP contribution in [0.1, 0.15) is 39.9 Å². The number of hydrogen-bond donors (Lipinski definition) is 0. The molecule has 0 fully saturated rings. The van der Waals surface area contributed by atoms with Gasteiger partial charge in [-0.2, -0.15) is 0 Å². The van der Waals surface area contributed by atoms with Crippen LogP contribution < -0.4 is 9.64 Å². The molecule has 0 N–H and O–H groups in total. The van der Waals surface area contributed by atoms with Crippen molar-refractivity contribution in [3.63, 3.8) is 0 Å². The molecule has 1 aliphatic rings. The molecule has 1 heterocycles. The topological polar surface area (TPSA) is 45.2 Å². The van der Waals surface area contributed by atoms with E-state index in [1.165, 1.54) is 7.11 Å². The summed E-state index contributed by atoms with van der Waals surface area (Å²) in [7, 11) is 9.79. The van der Waals surface area contributed by atoms with Crippen LogP contribution >= 0.6 is 0 Å². The van der Waals surface area contributed by atoms with Crippen molar-refractivity contribution < 1.29 is 14.3 Å². The van der Waals surface area contributed by atoms with Gasteiger partial charge in [-0.25, -0.2) is 4.79 Å². The van der Waals surface area contributed by atoms with E-state index in [4.69, 9.17) is 9.47 Å². The Kier molecular flexibility index (Phi) is 9.44. The summed E-state index contributed by atoms with van der Waals surface area (Å²) in [5.41, 5.74) is 3.44. The Hall–Kier alpha value is -3.61. The SMILES string of the molecule is COC(=O)c1c(N(CCCN(C)C)CCCN(C)C)ccc2c1C=CC(c1ccccc1)(c1ccccc1)O2. The second kappa shape index (κ2) is 13.0. The number of methoxy groups -OCH3 is 1. The first-order valence-corrected chi connectivity index (χ1v) is 13.6. The zero-order valence-electron chi connectivity index (χ0n) is 23.9. The fourth-order valence-corrected chi connectivity index (χ4v) is 5.19. The van der Waals surface area contributed by atoms with Crippen LogP contribution in [0.2, 0.25) is 0 Å². The Balaban J connectivity index is 1.79. The maximum atomic E-state index is 13.3. The van der Waals surface area contributed by atoms with Gasteiger partial charge >= 0.3 is 5.97 Å². The molecule has 6 nitrogen and oxygen atoms in total. The summed E-state index contributed by atoms with van der Waals surface area (Å²) in [6.45, 7) is 3.64. The van der Waals surface area contributed by atoms with Gasteiger partial charge in [0.2, 0.25) is 0 Å². The molecule has 39 heavy (non-hydrogen) atoms. The highest BCUT2D eigenvalue weighted by atomic mass is 16.5. The average molecular weight is 528 g/mol. The van der Waals surface area contributed by atoms with Crippen molar-refractivity contribution in [2.45, 2.75) is 18.4 Å². The van der Waals surface area contributed by atoms with E-state index in [0.717, 1.165) is 61.4 Å². The van der Waals surface area contributed by atoms with Crippen molar-refractivity contribution in [2.24, 2.45) is 0 Å². The molecule has 4 rings (SSSR count). The summed E-state index contributed by atoms with van der Waals surface area (Å²) < 4.78 is 12.2. The van der Waals surface area contributed by atoms with Gasteiger partial charge in [-0.3, -0.25) is 0 Å². The minimum atomic E-state index is -0.804. The van der Waals surface area contributed by atoms with Crippen LogP contribution in [0.3, 0.4) is 0 Å². The minimum absolute atomic E-state index is 0.354. The highest BCUT2D eigenvalue weighted by molar-refractivity contribution is 6.01. The molecule has 0 unspecified atom stereocenters. The molecule has 0 atom stereocenters. The lowest BCUT2D eigenvalue weighted by atomic mass is 9.83. The lowest BCUT2D eigenvalue weighted by Crippen LogP contribution is -2.35. The van der Waals surface area contributed by atoms with E-state index in [1.54, 1.807) is 0 Å². The molecule has 0 aliphatic carbocycles. The zero-order valence-corrected chi connectivity index (χ0v) is 23.9. The van der Waals surface area contributed by atoms with Crippen LogP contribution in [0.5, 0.6) is 5.75 Å². The molecule has 0 radical (unpaired) electrons. The number of carbonyl (C=O) groups excluding carboxylic acids is 1. The van der Waals surface area contributed by atoms with Crippen LogP contribution in [-0.2, 0) is 10.3 Å². The third-order valence-corrected chi connectivity index (χ3v) is 7.14. The largest absolute Gasteiger partial charge is 0.473 e. The van der Waals surface area contributed by atoms with Gasteiger partial charge in [-0.15, -0.1) is 0 Å². The van der Waals surface area contributed by atoms with Gasteiger partial charge in [0.15, 0.2) is 5.60 Å². The molecule has 1 aliphatic heterocycles. The lowest BCUT2D eigenvalue weighted by molar-refractivity contribution is 0.0599. The Morgan fingerprint density at radius 1 is 0.769 bits per heavy atom. The second-order valence-corrected chi connectivity index (χ2v) is 10.6. The standard InChI is InChI=1S/C33H41N3O3/c1-34(2)22-12-24-36(25-13-23-35(3)4)29-18-19-30-28(31(29)32(37)38-5)20-21-33(39-30,26-14-8-6-9-15-26)27-16-10-7-11-17-27/h6-11,14-21H,12-13,22-25H2,1-5H3. The molecule has 0 aromatic heterocycles. The molecular weight excluding hydrogens is 486 g/mol. The highest BCUT2D eigenvalue weighted by Crippen LogP contribution is 2.45. The van der Waals surface area contributed by atoms with E-state index in [2.05, 4.69) is 73.2 Å². The zero-order chi connectivity index (χ0) is 27.8. The fraction of sp³-hybridized carbons (Fsp3) is 0.364. The first-order valence-electron chi connectivity index (χ1n) is 13.6. The number of hydrogen-bond acceptors (Lipinski definition) is 6. The lowest BCUT2D eigenvalue weighted by Gasteiger charge is -2.37. The number of esters is 1.